The van der Waals surface area contributed by atoms with E-state index in [0.29, 0.717) is 23.9 Å². The van der Waals surface area contributed by atoms with Gasteiger partial charge in [-0.3, -0.25) is 4.79 Å². The molecule has 1 aromatic carbocycles. The Bertz CT molecular complexity index is 1280. The van der Waals surface area contributed by atoms with Crippen LogP contribution in [-0.4, -0.2) is 74.4 Å². The van der Waals surface area contributed by atoms with E-state index in [-0.39, 0.29) is 17.5 Å². The second kappa shape index (κ2) is 13.4. The van der Waals surface area contributed by atoms with E-state index in [2.05, 4.69) is 61.8 Å². The average Bonchev–Trinajstić information content (AvgIpc) is 3.66. The van der Waals surface area contributed by atoms with Gasteiger partial charge in [0.1, 0.15) is 12.7 Å². The highest BCUT2D eigenvalue weighted by Gasteiger charge is 2.61. The normalized spacial score (nSPS) is 35.5. The van der Waals surface area contributed by atoms with Crippen molar-refractivity contribution >= 4 is 12.0 Å². The number of rotatable bonds is 10. The topological polar surface area (TPSA) is 51.2 Å². The first-order valence-electron chi connectivity index (χ1n) is 18.0. The summed E-state index contributed by atoms with van der Waals surface area (Å²) in [7, 11) is 1.70. The van der Waals surface area contributed by atoms with Gasteiger partial charge in [-0.15, -0.1) is 0 Å². The number of carbonyl (C=O) groups is 1. The lowest BCUT2D eigenvalue weighted by Crippen LogP contribution is -2.52. The summed E-state index contributed by atoms with van der Waals surface area (Å²) >= 11 is 0. The molecule has 0 spiro atoms. The molecule has 6 nitrogen and oxygen atoms in total. The van der Waals surface area contributed by atoms with Crippen molar-refractivity contribution in [2.75, 3.05) is 46.4 Å². The lowest BCUT2D eigenvalue weighted by molar-refractivity contribution is -0.154. The maximum atomic E-state index is 12.5. The number of ether oxygens (including phenoxy) is 3. The molecule has 0 amide bonds. The van der Waals surface area contributed by atoms with Crippen LogP contribution in [0.2, 0.25) is 0 Å². The van der Waals surface area contributed by atoms with Crippen molar-refractivity contribution in [3.8, 4) is 11.5 Å². The van der Waals surface area contributed by atoms with Crippen molar-refractivity contribution in [2.24, 2.45) is 28.6 Å². The van der Waals surface area contributed by atoms with Gasteiger partial charge >= 0.3 is 5.97 Å². The minimum Gasteiger partial charge on any atom is -0.493 e. The predicted octanol–water partition coefficient (Wildman–Crippen LogP) is 7.77. The third-order valence-electron chi connectivity index (χ3n) is 12.9. The van der Waals surface area contributed by atoms with E-state index >= 15 is 0 Å². The van der Waals surface area contributed by atoms with E-state index in [1.165, 1.54) is 63.6 Å². The van der Waals surface area contributed by atoms with Gasteiger partial charge in [0, 0.05) is 24.9 Å². The van der Waals surface area contributed by atoms with E-state index in [4.69, 9.17) is 14.2 Å². The Labute approximate surface area is 272 Å². The summed E-state index contributed by atoms with van der Waals surface area (Å²) in [5.74, 6) is 3.22. The maximum Gasteiger partial charge on any atom is 0.303 e. The Hall–Kier alpha value is -2.31. The van der Waals surface area contributed by atoms with Gasteiger partial charge in [-0.1, -0.05) is 51.5 Å². The van der Waals surface area contributed by atoms with Crippen molar-refractivity contribution in [3.05, 3.63) is 41.0 Å². The molecule has 1 aliphatic heterocycles. The van der Waals surface area contributed by atoms with E-state index in [1.807, 2.05) is 6.07 Å². The molecule has 5 aliphatic rings. The first-order valence-corrected chi connectivity index (χ1v) is 18.0. The van der Waals surface area contributed by atoms with Gasteiger partial charge in [-0.05, 0) is 130 Å². The van der Waals surface area contributed by atoms with Crippen molar-refractivity contribution in [2.45, 2.75) is 105 Å². The van der Waals surface area contributed by atoms with Gasteiger partial charge in [-0.2, -0.15) is 0 Å². The minimum absolute atomic E-state index is 0.0390. The van der Waals surface area contributed by atoms with Crippen molar-refractivity contribution in [1.29, 1.82) is 0 Å². The van der Waals surface area contributed by atoms with Crippen LogP contribution in [0.4, 0.5) is 0 Å². The molecular formula is C39H58N2O4. The number of hydrogen-bond donors (Lipinski definition) is 0. The SMILES string of the molecule is CCN(CC)CCOc1cc(/C=C2\CC3C4CC=C5CC(N6CCCC6)CC[C@]5(C)C4CC[C@]3(C)C2OC(C)=O)ccc1OC. The first-order chi connectivity index (χ1) is 21.7. The fraction of sp³-hybridized carbons (Fsp3) is 0.718. The molecular weight excluding hydrogens is 560 g/mol. The summed E-state index contributed by atoms with van der Waals surface area (Å²) in [5.41, 5.74) is 4.38. The molecule has 0 radical (unpaired) electrons. The Kier molecular flexibility index (Phi) is 9.74. The molecule has 45 heavy (non-hydrogen) atoms. The van der Waals surface area contributed by atoms with Crippen molar-refractivity contribution < 1.29 is 19.0 Å². The summed E-state index contributed by atoms with van der Waals surface area (Å²) in [6, 6.07) is 6.96. The van der Waals surface area contributed by atoms with E-state index in [9.17, 15) is 4.79 Å². The highest BCUT2D eigenvalue weighted by Crippen LogP contribution is 2.66. The van der Waals surface area contributed by atoms with Crippen LogP contribution < -0.4 is 9.47 Å². The number of nitrogens with zero attached hydrogens (tertiary/aromatic N) is 2. The van der Waals surface area contributed by atoms with Crippen LogP contribution in [0.5, 0.6) is 11.5 Å². The number of methoxy groups -OCH3 is 1. The second-order valence-corrected chi connectivity index (χ2v) is 15.1. The quantitative estimate of drug-likeness (QED) is 0.197. The molecule has 1 aromatic rings. The number of likely N-dealkylation sites (N-methyl/N-ethyl adjacent to an activating group) is 1. The third-order valence-corrected chi connectivity index (χ3v) is 12.9. The van der Waals surface area contributed by atoms with Crippen LogP contribution in [-0.2, 0) is 9.53 Å². The zero-order chi connectivity index (χ0) is 31.8. The van der Waals surface area contributed by atoms with Crippen LogP contribution in [0.1, 0.15) is 98.0 Å². The average molecular weight is 619 g/mol. The first kappa shape index (κ1) is 32.6. The fourth-order valence-corrected chi connectivity index (χ4v) is 10.3. The summed E-state index contributed by atoms with van der Waals surface area (Å²) < 4.78 is 18.2. The van der Waals surface area contributed by atoms with Crippen LogP contribution >= 0.6 is 0 Å². The third kappa shape index (κ3) is 6.23. The highest BCUT2D eigenvalue weighted by molar-refractivity contribution is 5.68. The van der Waals surface area contributed by atoms with Gasteiger partial charge in [0.15, 0.2) is 11.5 Å². The predicted molar refractivity (Wildman–Crippen MR) is 181 cm³/mol. The summed E-state index contributed by atoms with van der Waals surface area (Å²) in [6.45, 7) is 17.1. The van der Waals surface area contributed by atoms with Crippen LogP contribution in [0.25, 0.3) is 6.08 Å². The number of allylic oxidation sites excluding steroid dienone is 1. The minimum atomic E-state index is -0.181. The fourth-order valence-electron chi connectivity index (χ4n) is 10.3. The molecule has 0 bridgehead atoms. The van der Waals surface area contributed by atoms with Gasteiger partial charge < -0.3 is 24.0 Å². The molecule has 248 valence electrons. The Morgan fingerprint density at radius 2 is 1.82 bits per heavy atom. The Morgan fingerprint density at radius 1 is 1.04 bits per heavy atom. The number of fused-ring (bicyclic) bond motifs is 5. The molecule has 1 saturated heterocycles. The number of esters is 1. The van der Waals surface area contributed by atoms with Gasteiger partial charge in [0.05, 0.1) is 7.11 Å². The van der Waals surface area contributed by atoms with Crippen molar-refractivity contribution in [3.63, 3.8) is 0 Å². The molecule has 6 rings (SSSR count). The number of carbonyl (C=O) groups excluding carboxylic acids is 1. The summed E-state index contributed by atoms with van der Waals surface area (Å²) in [5, 5.41) is 0. The lowest BCUT2D eigenvalue weighted by atomic mass is 9.48. The highest BCUT2D eigenvalue weighted by atomic mass is 16.5. The van der Waals surface area contributed by atoms with Crippen LogP contribution in [0.3, 0.4) is 0 Å². The van der Waals surface area contributed by atoms with Gasteiger partial charge in [0.25, 0.3) is 0 Å². The molecule has 6 heteroatoms. The zero-order valence-electron chi connectivity index (χ0n) is 28.9. The van der Waals surface area contributed by atoms with Crippen LogP contribution in [0.15, 0.2) is 35.4 Å². The monoisotopic (exact) mass is 618 g/mol. The smallest absolute Gasteiger partial charge is 0.303 e. The largest absolute Gasteiger partial charge is 0.493 e. The lowest BCUT2D eigenvalue weighted by Gasteiger charge is -2.58. The van der Waals surface area contributed by atoms with E-state index < -0.39 is 0 Å². The molecule has 7 atom stereocenters. The summed E-state index contributed by atoms with van der Waals surface area (Å²) in [6.07, 6.45) is 16.0. The van der Waals surface area contributed by atoms with E-state index in [1.54, 1.807) is 19.6 Å². The zero-order valence-corrected chi connectivity index (χ0v) is 28.9. The molecule has 1 heterocycles. The number of likely N-dealkylation sites (tertiary alicyclic amines) is 1. The molecule has 4 fully saturated rings. The molecule has 0 N–H and O–H groups in total. The molecule has 4 aliphatic carbocycles. The van der Waals surface area contributed by atoms with Crippen LogP contribution in [0, 0.1) is 28.6 Å². The number of hydrogen-bond acceptors (Lipinski definition) is 6. The molecule has 3 saturated carbocycles. The number of benzene rings is 1. The van der Waals surface area contributed by atoms with Crippen molar-refractivity contribution in [1.82, 2.24) is 9.80 Å². The maximum absolute atomic E-state index is 12.5. The van der Waals surface area contributed by atoms with E-state index in [0.717, 1.165) is 61.5 Å². The Morgan fingerprint density at radius 3 is 2.53 bits per heavy atom. The van der Waals surface area contributed by atoms with Gasteiger partial charge in [0.2, 0.25) is 0 Å². The molecule has 5 unspecified atom stereocenters. The Balaban J connectivity index is 1.25. The standard InChI is InChI=1S/C39H58N2O4/c1-7-40(8-2)21-22-44-36-24-28(11-14-35(36)43-6)23-29-25-34-32-13-12-30-26-31(41-19-9-10-20-41)15-17-38(30,4)33(32)16-18-39(34,5)37(29)45-27(3)42/h11-12,14,23-24,31-34,37H,7-10,13,15-22,25-26H2,1-6H3/b29-23+/t31?,32?,33?,34?,37?,38-,39-/m0/s1. The summed E-state index contributed by atoms with van der Waals surface area (Å²) in [4.78, 5) is 17.7. The second-order valence-electron chi connectivity index (χ2n) is 15.1. The van der Waals surface area contributed by atoms with Gasteiger partial charge in [-0.25, -0.2) is 0 Å². The molecule has 0 aromatic heterocycles.